The van der Waals surface area contributed by atoms with Gasteiger partial charge in [-0.25, -0.2) is 9.97 Å². The van der Waals surface area contributed by atoms with Crippen molar-refractivity contribution in [2.24, 2.45) is 0 Å². The Kier molecular flexibility index (Phi) is 4.92. The zero-order chi connectivity index (χ0) is 17.1. The maximum atomic E-state index is 12.1. The van der Waals surface area contributed by atoms with Gasteiger partial charge >= 0.3 is 0 Å². The Labute approximate surface area is 148 Å². The number of amides is 1. The van der Waals surface area contributed by atoms with Crippen molar-refractivity contribution in [2.45, 2.75) is 26.7 Å². The summed E-state index contributed by atoms with van der Waals surface area (Å²) in [6.07, 6.45) is 1.15. The van der Waals surface area contributed by atoms with E-state index < -0.39 is 0 Å². The molecule has 3 N–H and O–H groups in total. The number of carbonyl (C=O) groups excluding carboxylic acids is 1. The number of hydrogen-bond donors (Lipinski definition) is 2. The van der Waals surface area contributed by atoms with Crippen molar-refractivity contribution in [1.82, 2.24) is 9.97 Å². The van der Waals surface area contributed by atoms with Gasteiger partial charge in [0.15, 0.2) is 10.3 Å². The topological polar surface area (TPSA) is 80.9 Å². The van der Waals surface area contributed by atoms with Crippen LogP contribution in [0.1, 0.15) is 23.2 Å². The Balaban J connectivity index is 1.61. The normalized spacial score (nSPS) is 10.8. The molecule has 0 saturated heterocycles. The molecule has 2 aromatic heterocycles. The van der Waals surface area contributed by atoms with E-state index in [9.17, 15) is 4.79 Å². The number of carbonyl (C=O) groups is 1. The van der Waals surface area contributed by atoms with Gasteiger partial charge in [-0.2, -0.15) is 0 Å². The van der Waals surface area contributed by atoms with Crippen molar-refractivity contribution >= 4 is 38.8 Å². The lowest BCUT2D eigenvalue weighted by Gasteiger charge is -2.02. The number of aromatic nitrogens is 2. The summed E-state index contributed by atoms with van der Waals surface area (Å²) < 4.78 is 0. The van der Waals surface area contributed by atoms with Crippen LogP contribution >= 0.6 is 22.7 Å². The molecule has 124 valence electrons. The van der Waals surface area contributed by atoms with E-state index in [4.69, 9.17) is 5.73 Å². The van der Waals surface area contributed by atoms with Gasteiger partial charge in [0.2, 0.25) is 5.91 Å². The summed E-state index contributed by atoms with van der Waals surface area (Å²) >= 11 is 2.82. The van der Waals surface area contributed by atoms with Crippen LogP contribution in [0, 0.1) is 13.8 Å². The maximum absolute atomic E-state index is 12.1. The van der Waals surface area contributed by atoms with Gasteiger partial charge in [-0.1, -0.05) is 41.2 Å². The van der Waals surface area contributed by atoms with Crippen LogP contribution in [0.3, 0.4) is 0 Å². The van der Waals surface area contributed by atoms with Crippen molar-refractivity contribution in [3.8, 4) is 10.6 Å². The van der Waals surface area contributed by atoms with E-state index in [-0.39, 0.29) is 5.91 Å². The monoisotopic (exact) mass is 358 g/mol. The quantitative estimate of drug-likeness (QED) is 0.721. The van der Waals surface area contributed by atoms with Gasteiger partial charge in [0, 0.05) is 11.8 Å². The summed E-state index contributed by atoms with van der Waals surface area (Å²) in [6.45, 7) is 3.96. The fourth-order valence-electron chi connectivity index (χ4n) is 2.27. The molecule has 24 heavy (non-hydrogen) atoms. The summed E-state index contributed by atoms with van der Waals surface area (Å²) in [7, 11) is 0. The molecule has 0 saturated carbocycles. The molecule has 0 bridgehead atoms. The molecule has 0 aliphatic carbocycles. The third kappa shape index (κ3) is 3.98. The summed E-state index contributed by atoms with van der Waals surface area (Å²) in [6, 6.07) is 8.23. The molecule has 0 spiro atoms. The predicted molar refractivity (Wildman–Crippen MR) is 101 cm³/mol. The van der Waals surface area contributed by atoms with Gasteiger partial charge in [0.05, 0.1) is 16.3 Å². The second kappa shape index (κ2) is 7.11. The molecule has 7 heteroatoms. The van der Waals surface area contributed by atoms with Gasteiger partial charge in [0.1, 0.15) is 0 Å². The van der Waals surface area contributed by atoms with Gasteiger partial charge < -0.3 is 11.1 Å². The van der Waals surface area contributed by atoms with E-state index in [1.54, 1.807) is 0 Å². The molecule has 0 fully saturated rings. The average Bonchev–Trinajstić information content (AvgIpc) is 3.12. The number of hydrogen-bond acceptors (Lipinski definition) is 6. The first-order chi connectivity index (χ1) is 11.5. The molecule has 3 rings (SSSR count). The summed E-state index contributed by atoms with van der Waals surface area (Å²) in [4.78, 5) is 21.8. The molecule has 0 aliphatic heterocycles. The van der Waals surface area contributed by atoms with Crippen LogP contribution in [-0.4, -0.2) is 15.9 Å². The minimum absolute atomic E-state index is 0.0336. The van der Waals surface area contributed by atoms with Gasteiger partial charge in [-0.05, 0) is 25.8 Å². The first kappa shape index (κ1) is 16.6. The van der Waals surface area contributed by atoms with Crippen LogP contribution in [0.5, 0.6) is 0 Å². The van der Waals surface area contributed by atoms with E-state index in [1.807, 2.05) is 12.3 Å². The zero-order valence-electron chi connectivity index (χ0n) is 13.5. The number of rotatable bonds is 5. The Morgan fingerprint density at radius 2 is 1.96 bits per heavy atom. The number of thiazole rings is 2. The van der Waals surface area contributed by atoms with Crippen LogP contribution in [0.15, 0.2) is 29.6 Å². The van der Waals surface area contributed by atoms with E-state index in [0.29, 0.717) is 23.1 Å². The largest absolute Gasteiger partial charge is 0.375 e. The number of anilines is 2. The maximum Gasteiger partial charge on any atom is 0.226 e. The number of aryl methyl sites for hydroxylation is 3. The van der Waals surface area contributed by atoms with Crippen LogP contribution in [0.25, 0.3) is 10.6 Å². The number of nitrogens with two attached hydrogens (primary N) is 1. The lowest BCUT2D eigenvalue weighted by molar-refractivity contribution is -0.116. The summed E-state index contributed by atoms with van der Waals surface area (Å²) in [5, 5.41) is 5.90. The van der Waals surface area contributed by atoms with E-state index in [2.05, 4.69) is 46.5 Å². The van der Waals surface area contributed by atoms with Crippen molar-refractivity contribution < 1.29 is 4.79 Å². The molecule has 2 heterocycles. The second-order valence-electron chi connectivity index (χ2n) is 5.54. The second-order valence-corrected chi connectivity index (χ2v) is 7.43. The van der Waals surface area contributed by atoms with Crippen molar-refractivity contribution in [1.29, 1.82) is 0 Å². The van der Waals surface area contributed by atoms with Crippen molar-refractivity contribution in [3.05, 3.63) is 46.5 Å². The number of nitrogens with zero attached hydrogens (tertiary/aromatic N) is 2. The highest BCUT2D eigenvalue weighted by atomic mass is 32.1. The van der Waals surface area contributed by atoms with Crippen LogP contribution < -0.4 is 11.1 Å². The fraction of sp³-hybridized carbons (Fsp3) is 0.235. The highest BCUT2D eigenvalue weighted by Crippen LogP contribution is 2.33. The van der Waals surface area contributed by atoms with E-state index in [1.165, 1.54) is 28.2 Å². The first-order valence-corrected chi connectivity index (χ1v) is 9.25. The summed E-state index contributed by atoms with van der Waals surface area (Å²) in [5.74, 6) is -0.0336. The van der Waals surface area contributed by atoms with E-state index in [0.717, 1.165) is 21.8 Å². The number of nitrogen functional groups attached to an aromatic ring is 1. The van der Waals surface area contributed by atoms with Gasteiger partial charge in [0.25, 0.3) is 0 Å². The lowest BCUT2D eigenvalue weighted by atomic mass is 10.1. The minimum Gasteiger partial charge on any atom is -0.375 e. The highest BCUT2D eigenvalue weighted by molar-refractivity contribution is 7.19. The lowest BCUT2D eigenvalue weighted by Crippen LogP contribution is -2.12. The molecule has 0 radical (unpaired) electrons. The Hall–Kier alpha value is -2.25. The number of nitrogens with one attached hydrogen (secondary N) is 1. The molecular formula is C17H18N4OS2. The standard InChI is InChI=1S/C17H18N4OS2/c1-10-3-5-12(6-4-10)7-8-14(22)21-17-19-11(2)15(24-17)13-9-23-16(18)20-13/h3-6,9H,7-8H2,1-2H3,(H2,18,20)(H,19,21,22). The molecule has 3 aromatic rings. The Bertz CT molecular complexity index is 852. The van der Waals surface area contributed by atoms with Crippen molar-refractivity contribution in [2.75, 3.05) is 11.1 Å². The van der Waals surface area contributed by atoms with Gasteiger partial charge in [-0.3, -0.25) is 4.79 Å². The summed E-state index contributed by atoms with van der Waals surface area (Å²) in [5.41, 5.74) is 9.71. The van der Waals surface area contributed by atoms with Crippen LogP contribution in [-0.2, 0) is 11.2 Å². The van der Waals surface area contributed by atoms with Crippen LogP contribution in [0.4, 0.5) is 10.3 Å². The molecule has 0 aliphatic rings. The molecule has 0 unspecified atom stereocenters. The van der Waals surface area contributed by atoms with Gasteiger partial charge in [-0.15, -0.1) is 11.3 Å². The molecule has 1 amide bonds. The molecule has 1 aromatic carbocycles. The molecule has 0 atom stereocenters. The highest BCUT2D eigenvalue weighted by Gasteiger charge is 2.14. The minimum atomic E-state index is -0.0336. The number of benzene rings is 1. The fourth-order valence-corrected chi connectivity index (χ4v) is 3.85. The Morgan fingerprint density at radius 3 is 2.62 bits per heavy atom. The third-order valence-corrected chi connectivity index (χ3v) is 5.33. The average molecular weight is 358 g/mol. The molecular weight excluding hydrogens is 340 g/mol. The third-order valence-electron chi connectivity index (χ3n) is 3.56. The Morgan fingerprint density at radius 1 is 1.21 bits per heavy atom. The van der Waals surface area contributed by atoms with E-state index >= 15 is 0 Å². The first-order valence-electron chi connectivity index (χ1n) is 7.55. The van der Waals surface area contributed by atoms with Crippen LogP contribution in [0.2, 0.25) is 0 Å². The zero-order valence-corrected chi connectivity index (χ0v) is 15.1. The SMILES string of the molecule is Cc1ccc(CCC(=O)Nc2nc(C)c(-c3csc(N)n3)s2)cc1. The smallest absolute Gasteiger partial charge is 0.226 e. The van der Waals surface area contributed by atoms with Crippen molar-refractivity contribution in [3.63, 3.8) is 0 Å². The molecule has 5 nitrogen and oxygen atoms in total. The predicted octanol–water partition coefficient (Wildman–Crippen LogP) is 4.04.